The highest BCUT2D eigenvalue weighted by Crippen LogP contribution is 2.28. The number of nitrogens with zero attached hydrogens (tertiary/aromatic N) is 2. The molecule has 0 bridgehead atoms. The van der Waals surface area contributed by atoms with E-state index in [0.29, 0.717) is 28.1 Å². The molecule has 0 spiro atoms. The lowest BCUT2D eigenvalue weighted by Crippen LogP contribution is -2.13. The predicted molar refractivity (Wildman–Crippen MR) is 76.8 cm³/mol. The average molecular weight is 277 g/mol. The van der Waals surface area contributed by atoms with Crippen molar-refractivity contribution in [2.24, 2.45) is 0 Å². The topological polar surface area (TPSA) is 85.9 Å². The minimum Gasteiger partial charge on any atom is -0.495 e. The van der Waals surface area contributed by atoms with E-state index in [2.05, 4.69) is 5.32 Å². The van der Waals surface area contributed by atoms with Gasteiger partial charge in [0.15, 0.2) is 0 Å². The van der Waals surface area contributed by atoms with E-state index >= 15 is 0 Å². The number of hydrogen-bond donors (Lipinski definition) is 1. The molecule has 0 fully saturated rings. The summed E-state index contributed by atoms with van der Waals surface area (Å²) in [6.07, 6.45) is 0. The van der Waals surface area contributed by atoms with E-state index in [1.165, 1.54) is 7.11 Å². The van der Waals surface area contributed by atoms with Crippen LogP contribution in [0.4, 0.5) is 5.69 Å². The Labute approximate surface area is 122 Å². The number of para-hydroxylation sites is 1. The Morgan fingerprint density at radius 1 is 1.10 bits per heavy atom. The van der Waals surface area contributed by atoms with Crippen molar-refractivity contribution in [3.05, 3.63) is 59.2 Å². The highest BCUT2D eigenvalue weighted by Gasteiger charge is 2.13. The molecular formula is C16H11N3O2. The number of hydrogen-bond acceptors (Lipinski definition) is 4. The van der Waals surface area contributed by atoms with E-state index in [4.69, 9.17) is 15.3 Å². The lowest BCUT2D eigenvalue weighted by Gasteiger charge is -2.11. The quantitative estimate of drug-likeness (QED) is 0.934. The second kappa shape index (κ2) is 6.23. The van der Waals surface area contributed by atoms with Gasteiger partial charge in [0.2, 0.25) is 0 Å². The predicted octanol–water partition coefficient (Wildman–Crippen LogP) is 2.69. The van der Waals surface area contributed by atoms with Crippen LogP contribution in [-0.2, 0) is 0 Å². The third-order valence-electron chi connectivity index (χ3n) is 2.88. The fourth-order valence-electron chi connectivity index (χ4n) is 1.81. The van der Waals surface area contributed by atoms with E-state index in [-0.39, 0.29) is 5.91 Å². The fourth-order valence-corrected chi connectivity index (χ4v) is 1.81. The van der Waals surface area contributed by atoms with Gasteiger partial charge in [0.1, 0.15) is 17.5 Å². The lowest BCUT2D eigenvalue weighted by atomic mass is 10.1. The Balaban J connectivity index is 2.31. The zero-order chi connectivity index (χ0) is 15.2. The normalized spacial score (nSPS) is 9.29. The third-order valence-corrected chi connectivity index (χ3v) is 2.88. The Kier molecular flexibility index (Phi) is 4.18. The second-order valence-corrected chi connectivity index (χ2v) is 4.14. The van der Waals surface area contributed by atoms with E-state index in [1.807, 2.05) is 12.1 Å². The zero-order valence-electron chi connectivity index (χ0n) is 11.3. The minimum atomic E-state index is -0.375. The van der Waals surface area contributed by atoms with Gasteiger partial charge in [-0.3, -0.25) is 4.79 Å². The molecule has 2 rings (SSSR count). The van der Waals surface area contributed by atoms with Gasteiger partial charge in [-0.2, -0.15) is 10.5 Å². The number of amides is 1. The highest BCUT2D eigenvalue weighted by molar-refractivity contribution is 6.05. The molecule has 0 atom stereocenters. The first-order valence-corrected chi connectivity index (χ1v) is 6.08. The number of benzene rings is 2. The van der Waals surface area contributed by atoms with Crippen molar-refractivity contribution < 1.29 is 9.53 Å². The maximum Gasteiger partial charge on any atom is 0.255 e. The average Bonchev–Trinajstić information content (AvgIpc) is 2.55. The molecule has 1 N–H and O–H groups in total. The number of methoxy groups -OCH3 is 1. The van der Waals surface area contributed by atoms with Gasteiger partial charge in [0, 0.05) is 5.56 Å². The van der Waals surface area contributed by atoms with Gasteiger partial charge in [0.05, 0.1) is 24.3 Å². The van der Waals surface area contributed by atoms with Crippen LogP contribution in [0.3, 0.4) is 0 Å². The Hall–Kier alpha value is -3.31. The first-order chi connectivity index (χ1) is 10.2. The summed E-state index contributed by atoms with van der Waals surface area (Å²) in [6.45, 7) is 0. The molecule has 5 nitrogen and oxygen atoms in total. The SMILES string of the molecule is COc1cccc(C#N)c1NC(=O)c1ccc(C#N)cc1. The van der Waals surface area contributed by atoms with Crippen LogP contribution in [0.1, 0.15) is 21.5 Å². The number of ether oxygens (including phenoxy) is 1. The van der Waals surface area contributed by atoms with Crippen LogP contribution in [-0.4, -0.2) is 13.0 Å². The summed E-state index contributed by atoms with van der Waals surface area (Å²) in [5, 5.41) is 20.5. The summed E-state index contributed by atoms with van der Waals surface area (Å²) >= 11 is 0. The van der Waals surface area contributed by atoms with Gasteiger partial charge in [0.25, 0.3) is 5.91 Å². The van der Waals surface area contributed by atoms with E-state index < -0.39 is 0 Å². The van der Waals surface area contributed by atoms with Crippen LogP contribution in [0.25, 0.3) is 0 Å². The van der Waals surface area contributed by atoms with E-state index in [0.717, 1.165) is 0 Å². The van der Waals surface area contributed by atoms with Gasteiger partial charge in [-0.1, -0.05) is 6.07 Å². The molecule has 0 aromatic heterocycles. The molecule has 0 saturated carbocycles. The molecule has 0 heterocycles. The van der Waals surface area contributed by atoms with Crippen LogP contribution in [0.15, 0.2) is 42.5 Å². The van der Waals surface area contributed by atoms with Gasteiger partial charge in [-0.05, 0) is 36.4 Å². The fraction of sp³-hybridized carbons (Fsp3) is 0.0625. The molecule has 0 aliphatic rings. The Bertz CT molecular complexity index is 753. The van der Waals surface area contributed by atoms with E-state index in [9.17, 15) is 4.79 Å². The van der Waals surface area contributed by atoms with Crippen LogP contribution < -0.4 is 10.1 Å². The standard InChI is InChI=1S/C16H11N3O2/c1-21-14-4-2-3-13(10-18)15(14)19-16(20)12-7-5-11(9-17)6-8-12/h2-8H,1H3,(H,19,20). The molecule has 0 aliphatic heterocycles. The molecule has 2 aromatic carbocycles. The maximum absolute atomic E-state index is 12.2. The molecule has 102 valence electrons. The summed E-state index contributed by atoms with van der Waals surface area (Å²) < 4.78 is 5.15. The number of anilines is 1. The first-order valence-electron chi connectivity index (χ1n) is 6.08. The van der Waals surface area contributed by atoms with Gasteiger partial charge < -0.3 is 10.1 Å². The lowest BCUT2D eigenvalue weighted by molar-refractivity contribution is 0.102. The molecule has 0 radical (unpaired) electrons. The van der Waals surface area contributed by atoms with Crippen LogP contribution in [0.2, 0.25) is 0 Å². The Morgan fingerprint density at radius 2 is 1.81 bits per heavy atom. The van der Waals surface area contributed by atoms with Crippen molar-refractivity contribution >= 4 is 11.6 Å². The van der Waals surface area contributed by atoms with E-state index in [1.54, 1.807) is 42.5 Å². The summed E-state index contributed by atoms with van der Waals surface area (Å²) in [4.78, 5) is 12.2. The van der Waals surface area contributed by atoms with Crippen LogP contribution in [0.5, 0.6) is 5.75 Å². The van der Waals surface area contributed by atoms with Crippen LogP contribution in [0, 0.1) is 22.7 Å². The number of nitrogens with one attached hydrogen (secondary N) is 1. The van der Waals surface area contributed by atoms with Crippen LogP contribution >= 0.6 is 0 Å². The summed E-state index contributed by atoms with van der Waals surface area (Å²) in [6, 6.07) is 15.1. The summed E-state index contributed by atoms with van der Waals surface area (Å²) in [5.41, 5.74) is 1.51. The van der Waals surface area contributed by atoms with Crippen molar-refractivity contribution in [2.75, 3.05) is 12.4 Å². The number of nitriles is 2. The smallest absolute Gasteiger partial charge is 0.255 e. The van der Waals surface area contributed by atoms with Crippen molar-refractivity contribution in [3.63, 3.8) is 0 Å². The van der Waals surface area contributed by atoms with Crippen molar-refractivity contribution in [3.8, 4) is 17.9 Å². The first kappa shape index (κ1) is 14.1. The molecule has 5 heteroatoms. The third kappa shape index (κ3) is 2.99. The molecule has 0 saturated heterocycles. The number of carbonyl (C=O) groups is 1. The molecule has 1 amide bonds. The zero-order valence-corrected chi connectivity index (χ0v) is 11.3. The number of rotatable bonds is 3. The summed E-state index contributed by atoms with van der Waals surface area (Å²) in [5.74, 6) is 0.0385. The van der Waals surface area contributed by atoms with Gasteiger partial charge in [-0.25, -0.2) is 0 Å². The summed E-state index contributed by atoms with van der Waals surface area (Å²) in [7, 11) is 1.47. The minimum absolute atomic E-state index is 0.316. The number of carbonyl (C=O) groups excluding carboxylic acids is 1. The van der Waals surface area contributed by atoms with Gasteiger partial charge in [-0.15, -0.1) is 0 Å². The van der Waals surface area contributed by atoms with Crippen molar-refractivity contribution in [1.82, 2.24) is 0 Å². The van der Waals surface area contributed by atoms with Gasteiger partial charge >= 0.3 is 0 Å². The maximum atomic E-state index is 12.2. The highest BCUT2D eigenvalue weighted by atomic mass is 16.5. The molecule has 0 aliphatic carbocycles. The molecular weight excluding hydrogens is 266 g/mol. The Morgan fingerprint density at radius 3 is 2.38 bits per heavy atom. The molecule has 0 unspecified atom stereocenters. The monoisotopic (exact) mass is 277 g/mol. The van der Waals surface area contributed by atoms with Crippen molar-refractivity contribution in [1.29, 1.82) is 10.5 Å². The molecule has 2 aromatic rings. The van der Waals surface area contributed by atoms with Crippen molar-refractivity contribution in [2.45, 2.75) is 0 Å². The molecule has 21 heavy (non-hydrogen) atoms. The second-order valence-electron chi connectivity index (χ2n) is 4.14. The largest absolute Gasteiger partial charge is 0.495 e.